The molecule has 0 aliphatic carbocycles. The molecule has 1 aliphatic rings. The van der Waals surface area contributed by atoms with Gasteiger partial charge in [-0.1, -0.05) is 0 Å². The van der Waals surface area contributed by atoms with Gasteiger partial charge in [0.2, 0.25) is 0 Å². The minimum absolute atomic E-state index is 0.0120. The summed E-state index contributed by atoms with van der Waals surface area (Å²) in [5, 5.41) is 16.7. The van der Waals surface area contributed by atoms with Gasteiger partial charge < -0.3 is 20.3 Å². The number of piperidine rings is 1. The monoisotopic (exact) mass is 554 g/mol. The van der Waals surface area contributed by atoms with Crippen LogP contribution in [0, 0.1) is 6.92 Å². The first-order valence-electron chi connectivity index (χ1n) is 12.8. The van der Waals surface area contributed by atoms with Gasteiger partial charge in [-0.15, -0.1) is 11.3 Å². The molecule has 4 aromatic heterocycles. The summed E-state index contributed by atoms with van der Waals surface area (Å²) in [7, 11) is 0. The maximum absolute atomic E-state index is 12.8. The molecule has 5 heterocycles. The van der Waals surface area contributed by atoms with Gasteiger partial charge in [0.15, 0.2) is 16.5 Å². The van der Waals surface area contributed by atoms with E-state index in [1.165, 1.54) is 11.3 Å². The van der Waals surface area contributed by atoms with Crippen molar-refractivity contribution in [1.82, 2.24) is 30.0 Å². The molecule has 1 aliphatic heterocycles. The Bertz CT molecular complexity index is 1650. The normalized spacial score (nSPS) is 15.1. The number of hydrogen-bond acceptors (Lipinski definition) is 9. The zero-order valence-electron chi connectivity index (χ0n) is 21.6. The highest BCUT2D eigenvalue weighted by Crippen LogP contribution is 2.33. The average Bonchev–Trinajstić information content (AvgIpc) is 3.65. The summed E-state index contributed by atoms with van der Waals surface area (Å²) in [6.45, 7) is 3.18. The van der Waals surface area contributed by atoms with E-state index in [2.05, 4.69) is 35.8 Å². The Labute approximate surface area is 233 Å². The summed E-state index contributed by atoms with van der Waals surface area (Å²) in [6, 6.07) is 12.3. The number of thiazole rings is 1. The molecule has 1 fully saturated rings. The van der Waals surface area contributed by atoms with Crippen LogP contribution < -0.4 is 15.4 Å². The Hall–Kier alpha value is -4.84. The van der Waals surface area contributed by atoms with Crippen molar-refractivity contribution >= 4 is 45.8 Å². The largest absolute Gasteiger partial charge is 0.456 e. The van der Waals surface area contributed by atoms with Crippen molar-refractivity contribution in [3.05, 3.63) is 82.6 Å². The van der Waals surface area contributed by atoms with Gasteiger partial charge in [0, 0.05) is 54.7 Å². The zero-order valence-corrected chi connectivity index (χ0v) is 22.4. The van der Waals surface area contributed by atoms with Crippen LogP contribution in [0.3, 0.4) is 0 Å². The van der Waals surface area contributed by atoms with Gasteiger partial charge in [-0.3, -0.25) is 14.7 Å². The zero-order chi connectivity index (χ0) is 27.5. The Balaban J connectivity index is 1.16. The highest BCUT2D eigenvalue weighted by atomic mass is 32.1. The molecule has 12 heteroatoms. The van der Waals surface area contributed by atoms with Crippen LogP contribution >= 0.6 is 11.3 Å². The third kappa shape index (κ3) is 5.47. The van der Waals surface area contributed by atoms with Crippen molar-refractivity contribution in [2.24, 2.45) is 0 Å². The van der Waals surface area contributed by atoms with E-state index >= 15 is 0 Å². The van der Waals surface area contributed by atoms with Gasteiger partial charge >= 0.3 is 0 Å². The lowest BCUT2D eigenvalue weighted by molar-refractivity contribution is 0.0714. The SMILES string of the molecule is Cc1ccnc(NC(=O)c2ccc(Oc3ccnc4[nH]nc(NC5CCCN(C(=O)c6nccs6)C5)c34)cc2)c1. The number of carbonyl (C=O) groups is 2. The smallest absolute Gasteiger partial charge is 0.282 e. The van der Waals surface area contributed by atoms with Crippen LogP contribution in [0.2, 0.25) is 0 Å². The number of aromatic amines is 1. The highest BCUT2D eigenvalue weighted by molar-refractivity contribution is 7.11. The van der Waals surface area contributed by atoms with Gasteiger partial charge in [0.1, 0.15) is 22.7 Å². The lowest BCUT2D eigenvalue weighted by Crippen LogP contribution is -2.45. The molecule has 1 aromatic carbocycles. The van der Waals surface area contributed by atoms with Crippen molar-refractivity contribution in [3.63, 3.8) is 0 Å². The lowest BCUT2D eigenvalue weighted by Gasteiger charge is -2.32. The van der Waals surface area contributed by atoms with Crippen LogP contribution in [-0.2, 0) is 0 Å². The summed E-state index contributed by atoms with van der Waals surface area (Å²) < 4.78 is 6.20. The molecular formula is C28H26N8O3S. The van der Waals surface area contributed by atoms with Crippen LogP contribution in [0.1, 0.15) is 38.6 Å². The molecule has 0 saturated carbocycles. The van der Waals surface area contributed by atoms with Crippen molar-refractivity contribution in [3.8, 4) is 11.5 Å². The molecule has 202 valence electrons. The lowest BCUT2D eigenvalue weighted by atomic mass is 10.1. The van der Waals surface area contributed by atoms with E-state index in [-0.39, 0.29) is 17.9 Å². The van der Waals surface area contributed by atoms with E-state index in [0.29, 0.717) is 57.8 Å². The number of H-pyrrole nitrogens is 1. The molecule has 1 saturated heterocycles. The predicted molar refractivity (Wildman–Crippen MR) is 152 cm³/mol. The summed E-state index contributed by atoms with van der Waals surface area (Å²) >= 11 is 1.35. The molecule has 3 N–H and O–H groups in total. The van der Waals surface area contributed by atoms with Crippen molar-refractivity contribution in [2.45, 2.75) is 25.8 Å². The second kappa shape index (κ2) is 11.1. The molecule has 5 aromatic rings. The number of nitrogens with zero attached hydrogens (tertiary/aromatic N) is 5. The fourth-order valence-corrected chi connectivity index (χ4v) is 5.25. The third-order valence-electron chi connectivity index (χ3n) is 6.59. The summed E-state index contributed by atoms with van der Waals surface area (Å²) in [5.41, 5.74) is 2.07. The maximum Gasteiger partial charge on any atom is 0.282 e. The van der Waals surface area contributed by atoms with E-state index in [1.54, 1.807) is 48.9 Å². The Kier molecular flexibility index (Phi) is 7.06. The Morgan fingerprint density at radius 3 is 2.73 bits per heavy atom. The second-order valence-electron chi connectivity index (χ2n) is 9.48. The van der Waals surface area contributed by atoms with E-state index in [0.717, 1.165) is 18.4 Å². The number of fused-ring (bicyclic) bond motifs is 1. The standard InChI is InChI=1S/C28H26N8O3S/c1-17-8-10-29-22(15-17)33-26(37)18-4-6-20(7-5-18)39-21-9-11-30-24-23(21)25(35-34-24)32-19-3-2-13-36(16-19)28(38)27-31-12-14-40-27/h4-12,14-15,19H,2-3,13,16H2,1H3,(H,29,33,37)(H2,30,32,34,35). The van der Waals surface area contributed by atoms with Gasteiger partial charge in [0.05, 0.1) is 0 Å². The number of aryl methyl sites for hydroxylation is 1. The highest BCUT2D eigenvalue weighted by Gasteiger charge is 2.27. The van der Waals surface area contributed by atoms with E-state index in [1.807, 2.05) is 29.3 Å². The molecular weight excluding hydrogens is 528 g/mol. The van der Waals surface area contributed by atoms with Crippen LogP contribution in [0.5, 0.6) is 11.5 Å². The number of amides is 2. The predicted octanol–water partition coefficient (Wildman–Crippen LogP) is 4.88. The average molecular weight is 555 g/mol. The van der Waals surface area contributed by atoms with E-state index in [4.69, 9.17) is 4.74 Å². The van der Waals surface area contributed by atoms with Gasteiger partial charge in [0.25, 0.3) is 11.8 Å². The van der Waals surface area contributed by atoms with E-state index in [9.17, 15) is 9.59 Å². The number of nitrogens with one attached hydrogen (secondary N) is 3. The number of likely N-dealkylation sites (tertiary alicyclic amines) is 1. The number of rotatable bonds is 7. The van der Waals surface area contributed by atoms with Crippen molar-refractivity contribution < 1.29 is 14.3 Å². The third-order valence-corrected chi connectivity index (χ3v) is 7.35. The molecule has 1 atom stereocenters. The Morgan fingerprint density at radius 1 is 1.07 bits per heavy atom. The summed E-state index contributed by atoms with van der Waals surface area (Å²) in [6.07, 6.45) is 6.72. The first-order valence-corrected chi connectivity index (χ1v) is 13.7. The van der Waals surface area contributed by atoms with Gasteiger partial charge in [-0.25, -0.2) is 15.0 Å². The quantitative estimate of drug-likeness (QED) is 0.259. The molecule has 6 rings (SSSR count). The number of benzene rings is 1. The number of aromatic nitrogens is 5. The molecule has 40 heavy (non-hydrogen) atoms. The first-order chi connectivity index (χ1) is 19.5. The summed E-state index contributed by atoms with van der Waals surface area (Å²) in [4.78, 5) is 40.0. The molecule has 2 amide bonds. The number of carbonyl (C=O) groups excluding carboxylic acids is 2. The maximum atomic E-state index is 12.8. The van der Waals surface area contributed by atoms with Crippen LogP contribution in [0.15, 0.2) is 66.4 Å². The molecule has 11 nitrogen and oxygen atoms in total. The second-order valence-corrected chi connectivity index (χ2v) is 10.4. The van der Waals surface area contributed by atoms with Gasteiger partial charge in [-0.2, -0.15) is 5.10 Å². The number of pyridine rings is 2. The minimum Gasteiger partial charge on any atom is -0.456 e. The molecule has 1 unspecified atom stereocenters. The van der Waals surface area contributed by atoms with Crippen LogP contribution in [0.4, 0.5) is 11.6 Å². The number of ether oxygens (including phenoxy) is 1. The van der Waals surface area contributed by atoms with Crippen LogP contribution in [0.25, 0.3) is 11.0 Å². The van der Waals surface area contributed by atoms with Gasteiger partial charge in [-0.05, 0) is 61.7 Å². The van der Waals surface area contributed by atoms with Crippen molar-refractivity contribution in [2.75, 3.05) is 23.7 Å². The van der Waals surface area contributed by atoms with E-state index < -0.39 is 0 Å². The fraction of sp³-hybridized carbons (Fsp3) is 0.214. The molecule has 0 radical (unpaired) electrons. The molecule has 0 bridgehead atoms. The number of hydrogen-bond donors (Lipinski definition) is 3. The Morgan fingerprint density at radius 2 is 1.93 bits per heavy atom. The topological polar surface area (TPSA) is 138 Å². The first kappa shape index (κ1) is 25.4. The van der Waals surface area contributed by atoms with Crippen LogP contribution in [-0.4, -0.2) is 61.0 Å². The van der Waals surface area contributed by atoms with Crippen molar-refractivity contribution in [1.29, 1.82) is 0 Å². The fourth-order valence-electron chi connectivity index (χ4n) is 4.64. The minimum atomic E-state index is -0.257. The molecule has 0 spiro atoms. The number of anilines is 2. The summed E-state index contributed by atoms with van der Waals surface area (Å²) in [5.74, 6) is 1.92.